The number of carbonyl (C=O) groups is 1. The Morgan fingerprint density at radius 1 is 1.47 bits per heavy atom. The zero-order valence-corrected chi connectivity index (χ0v) is 10.6. The number of benzene rings is 1. The normalized spacial score (nSPS) is 9.95. The van der Waals surface area contributed by atoms with Gasteiger partial charge in [-0.3, -0.25) is 20.2 Å². The van der Waals surface area contributed by atoms with Crippen LogP contribution in [0.15, 0.2) is 23.7 Å². The van der Waals surface area contributed by atoms with Gasteiger partial charge in [0.1, 0.15) is 11.2 Å². The van der Waals surface area contributed by atoms with Crippen LogP contribution < -0.4 is 10.6 Å². The molecule has 0 fully saturated rings. The Morgan fingerprint density at radius 2 is 2.26 bits per heavy atom. The molecular weight excluding hydrogens is 270 g/mol. The second kappa shape index (κ2) is 5.40. The van der Waals surface area contributed by atoms with Crippen molar-refractivity contribution in [2.24, 2.45) is 0 Å². The number of hydrogen-bond donors (Lipinski definition) is 2. The van der Waals surface area contributed by atoms with E-state index in [0.717, 1.165) is 11.3 Å². The fourth-order valence-corrected chi connectivity index (χ4v) is 1.87. The van der Waals surface area contributed by atoms with E-state index in [4.69, 9.17) is 0 Å². The van der Waals surface area contributed by atoms with Gasteiger partial charge < -0.3 is 5.32 Å². The van der Waals surface area contributed by atoms with Crippen molar-refractivity contribution in [2.75, 3.05) is 17.7 Å². The molecule has 1 heterocycles. The number of nitrogens with one attached hydrogen (secondary N) is 2. The number of nitrogens with zero attached hydrogens (tertiary/aromatic N) is 3. The first-order valence-electron chi connectivity index (χ1n) is 5.15. The van der Waals surface area contributed by atoms with Gasteiger partial charge in [-0.25, -0.2) is 0 Å². The Bertz CT molecular complexity index is 614. The van der Waals surface area contributed by atoms with Crippen molar-refractivity contribution in [1.82, 2.24) is 10.2 Å². The fraction of sp³-hybridized carbons (Fsp3) is 0.100. The molecule has 0 atom stereocenters. The Kier molecular flexibility index (Phi) is 3.66. The summed E-state index contributed by atoms with van der Waals surface area (Å²) >= 11 is 1.16. The number of aromatic nitrogens is 2. The predicted octanol–water partition coefficient (Wildman–Crippen LogP) is 1.74. The summed E-state index contributed by atoms with van der Waals surface area (Å²) in [4.78, 5) is 22.2. The Morgan fingerprint density at radius 3 is 2.84 bits per heavy atom. The smallest absolute Gasteiger partial charge is 0.293 e. The van der Waals surface area contributed by atoms with Crippen LogP contribution in [-0.4, -0.2) is 28.1 Å². The Labute approximate surface area is 111 Å². The SMILES string of the molecule is CNc1ccc(C(=O)Nc2nncs2)cc1[N+](=O)[O-]. The molecule has 0 saturated heterocycles. The number of hydrogen-bond acceptors (Lipinski definition) is 7. The standard InChI is InChI=1S/C10H9N5O3S/c1-11-7-3-2-6(4-8(7)15(17)18)9(16)13-10-14-12-5-19-10/h2-5,11H,1H3,(H,13,14,16). The van der Waals surface area contributed by atoms with Crippen LogP contribution in [0.3, 0.4) is 0 Å². The van der Waals surface area contributed by atoms with Crippen molar-refractivity contribution in [3.63, 3.8) is 0 Å². The molecule has 8 nitrogen and oxygen atoms in total. The summed E-state index contributed by atoms with van der Waals surface area (Å²) in [5.74, 6) is -0.470. The van der Waals surface area contributed by atoms with Crippen LogP contribution >= 0.6 is 11.3 Å². The Balaban J connectivity index is 2.27. The summed E-state index contributed by atoms with van der Waals surface area (Å²) in [5, 5.41) is 23.7. The maximum absolute atomic E-state index is 11.9. The molecule has 9 heteroatoms. The fourth-order valence-electron chi connectivity index (χ4n) is 1.43. The van der Waals surface area contributed by atoms with Gasteiger partial charge in [-0.15, -0.1) is 10.2 Å². The highest BCUT2D eigenvalue weighted by atomic mass is 32.1. The van der Waals surface area contributed by atoms with E-state index in [-0.39, 0.29) is 11.3 Å². The quantitative estimate of drug-likeness (QED) is 0.651. The molecule has 19 heavy (non-hydrogen) atoms. The van der Waals surface area contributed by atoms with Gasteiger partial charge in [0.05, 0.1) is 4.92 Å². The molecule has 1 amide bonds. The van der Waals surface area contributed by atoms with Crippen molar-refractivity contribution in [3.05, 3.63) is 39.4 Å². The minimum atomic E-state index is -0.548. The first-order chi connectivity index (χ1) is 9.11. The molecule has 0 unspecified atom stereocenters. The molecule has 0 saturated carbocycles. The van der Waals surface area contributed by atoms with Crippen molar-refractivity contribution in [3.8, 4) is 0 Å². The van der Waals surface area contributed by atoms with Gasteiger partial charge in [0.15, 0.2) is 0 Å². The van der Waals surface area contributed by atoms with Crippen molar-refractivity contribution in [2.45, 2.75) is 0 Å². The zero-order valence-electron chi connectivity index (χ0n) is 9.78. The lowest BCUT2D eigenvalue weighted by Gasteiger charge is -2.05. The second-order valence-electron chi connectivity index (χ2n) is 3.44. The number of nitro benzene ring substituents is 1. The number of nitro groups is 1. The van der Waals surface area contributed by atoms with Crippen LogP contribution in [0.2, 0.25) is 0 Å². The third-order valence-electron chi connectivity index (χ3n) is 2.31. The van der Waals surface area contributed by atoms with Gasteiger partial charge in [-0.2, -0.15) is 0 Å². The van der Waals surface area contributed by atoms with E-state index >= 15 is 0 Å². The third kappa shape index (κ3) is 2.83. The van der Waals surface area contributed by atoms with Gasteiger partial charge in [-0.1, -0.05) is 11.3 Å². The van der Waals surface area contributed by atoms with Gasteiger partial charge in [0, 0.05) is 18.7 Å². The minimum Gasteiger partial charge on any atom is -0.383 e. The lowest BCUT2D eigenvalue weighted by molar-refractivity contribution is -0.384. The number of anilines is 2. The van der Waals surface area contributed by atoms with Crippen molar-refractivity contribution >= 4 is 33.8 Å². The van der Waals surface area contributed by atoms with Crippen molar-refractivity contribution in [1.29, 1.82) is 0 Å². The molecule has 2 N–H and O–H groups in total. The summed E-state index contributed by atoms with van der Waals surface area (Å²) in [6.07, 6.45) is 0. The van der Waals surface area contributed by atoms with Crippen LogP contribution in [-0.2, 0) is 0 Å². The molecule has 0 aliphatic carbocycles. The number of carbonyl (C=O) groups excluding carboxylic acids is 1. The zero-order chi connectivity index (χ0) is 13.8. The van der Waals surface area contributed by atoms with Gasteiger partial charge in [0.2, 0.25) is 5.13 Å². The summed E-state index contributed by atoms with van der Waals surface area (Å²) in [5.41, 5.74) is 1.84. The van der Waals surface area contributed by atoms with Crippen LogP contribution in [0.25, 0.3) is 0 Å². The minimum absolute atomic E-state index is 0.160. The predicted molar refractivity (Wildman–Crippen MR) is 70.5 cm³/mol. The monoisotopic (exact) mass is 279 g/mol. The summed E-state index contributed by atoms with van der Waals surface area (Å²) in [7, 11) is 1.57. The first kappa shape index (κ1) is 12.9. The molecule has 98 valence electrons. The Hall–Kier alpha value is -2.55. The molecule has 0 bridgehead atoms. The van der Waals surface area contributed by atoms with Crippen LogP contribution in [0.1, 0.15) is 10.4 Å². The summed E-state index contributed by atoms with van der Waals surface area (Å²) < 4.78 is 0. The third-order valence-corrected chi connectivity index (χ3v) is 2.91. The van der Waals surface area contributed by atoms with Gasteiger partial charge in [0.25, 0.3) is 11.6 Å². The molecule has 1 aromatic carbocycles. The molecule has 0 spiro atoms. The summed E-state index contributed by atoms with van der Waals surface area (Å²) in [6.45, 7) is 0. The molecule has 2 aromatic rings. The van der Waals surface area contributed by atoms with Crippen LogP contribution in [0.4, 0.5) is 16.5 Å². The van der Waals surface area contributed by atoms with E-state index in [9.17, 15) is 14.9 Å². The number of rotatable bonds is 4. The first-order valence-corrected chi connectivity index (χ1v) is 6.03. The summed E-state index contributed by atoms with van der Waals surface area (Å²) in [6, 6.07) is 4.19. The molecule has 0 aliphatic rings. The molecule has 0 aliphatic heterocycles. The molecule has 0 radical (unpaired) electrons. The van der Waals surface area contributed by atoms with E-state index in [1.54, 1.807) is 7.05 Å². The lowest BCUT2D eigenvalue weighted by atomic mass is 10.1. The van der Waals surface area contributed by atoms with E-state index in [1.807, 2.05) is 0 Å². The van der Waals surface area contributed by atoms with E-state index in [1.165, 1.54) is 23.7 Å². The highest BCUT2D eigenvalue weighted by Crippen LogP contribution is 2.25. The van der Waals surface area contributed by atoms with Crippen LogP contribution in [0, 0.1) is 10.1 Å². The largest absolute Gasteiger partial charge is 0.383 e. The number of amides is 1. The molecular formula is C10H9N5O3S. The topological polar surface area (TPSA) is 110 Å². The van der Waals surface area contributed by atoms with Crippen molar-refractivity contribution < 1.29 is 9.72 Å². The maximum Gasteiger partial charge on any atom is 0.293 e. The van der Waals surface area contributed by atoms with E-state index < -0.39 is 10.8 Å². The van der Waals surface area contributed by atoms with E-state index in [0.29, 0.717) is 10.8 Å². The highest BCUT2D eigenvalue weighted by Gasteiger charge is 2.17. The maximum atomic E-state index is 11.9. The highest BCUT2D eigenvalue weighted by molar-refractivity contribution is 7.13. The van der Waals surface area contributed by atoms with E-state index in [2.05, 4.69) is 20.8 Å². The second-order valence-corrected chi connectivity index (χ2v) is 4.27. The lowest BCUT2D eigenvalue weighted by Crippen LogP contribution is -2.12. The van der Waals surface area contributed by atoms with Gasteiger partial charge >= 0.3 is 0 Å². The van der Waals surface area contributed by atoms with Crippen LogP contribution in [0.5, 0.6) is 0 Å². The molecule has 2 rings (SSSR count). The molecule has 1 aromatic heterocycles. The van der Waals surface area contributed by atoms with Gasteiger partial charge in [-0.05, 0) is 12.1 Å². The average Bonchev–Trinajstić information content (AvgIpc) is 2.90. The average molecular weight is 279 g/mol.